The molecule has 0 radical (unpaired) electrons. The lowest BCUT2D eigenvalue weighted by molar-refractivity contribution is -0.384. The summed E-state index contributed by atoms with van der Waals surface area (Å²) in [5, 5.41) is 14.3. The maximum absolute atomic E-state index is 13.1. The number of amides is 2. The van der Waals surface area contributed by atoms with Crippen molar-refractivity contribution in [2.45, 2.75) is 19.0 Å². The standard InChI is InChI=1S/C23H23ClF3N5O4/c24-18-13-15(3-5-20(18)30-9-11-31(12-10-30)22(34)23(25,26)27)28-21(33)17-14-16(32(35)36)4-6-19(17)29-7-1-2-8-29/h3-6,13-14H,1-2,7-12H2,(H,28,33). The van der Waals surface area contributed by atoms with Gasteiger partial charge in [-0.05, 0) is 37.1 Å². The Balaban J connectivity index is 1.48. The molecule has 2 aliphatic heterocycles. The first-order chi connectivity index (χ1) is 17.0. The summed E-state index contributed by atoms with van der Waals surface area (Å²) < 4.78 is 38.0. The number of anilines is 3. The summed E-state index contributed by atoms with van der Waals surface area (Å²) >= 11 is 6.41. The zero-order valence-corrected chi connectivity index (χ0v) is 19.8. The van der Waals surface area contributed by atoms with Gasteiger partial charge in [-0.25, -0.2) is 0 Å². The van der Waals surface area contributed by atoms with E-state index in [0.717, 1.165) is 30.8 Å². The first kappa shape index (κ1) is 25.5. The van der Waals surface area contributed by atoms with Crippen LogP contribution in [0.15, 0.2) is 36.4 Å². The number of hydrogen-bond donors (Lipinski definition) is 1. The Morgan fingerprint density at radius 2 is 1.53 bits per heavy atom. The number of nitro benzene ring substituents is 1. The SMILES string of the molecule is O=C(Nc1ccc(N2CCN(C(=O)C(F)(F)F)CC2)c(Cl)c1)c1cc([N+](=O)[O-])ccc1N1CCCC1. The number of carbonyl (C=O) groups excluding carboxylic acids is 2. The summed E-state index contributed by atoms with van der Waals surface area (Å²) in [7, 11) is 0. The van der Waals surface area contributed by atoms with Crippen LogP contribution in [0.4, 0.5) is 35.9 Å². The van der Waals surface area contributed by atoms with Gasteiger partial charge in [0.2, 0.25) is 0 Å². The number of halogens is 4. The van der Waals surface area contributed by atoms with Crippen molar-refractivity contribution in [2.24, 2.45) is 0 Å². The van der Waals surface area contributed by atoms with Crippen molar-refractivity contribution in [3.8, 4) is 0 Å². The third-order valence-corrected chi connectivity index (χ3v) is 6.54. The lowest BCUT2D eigenvalue weighted by Gasteiger charge is -2.36. The normalized spacial score (nSPS) is 16.3. The maximum atomic E-state index is 13.1. The molecule has 192 valence electrons. The van der Waals surface area contributed by atoms with Gasteiger partial charge in [-0.2, -0.15) is 13.2 Å². The number of carbonyl (C=O) groups is 2. The molecule has 9 nitrogen and oxygen atoms in total. The van der Waals surface area contributed by atoms with Crippen molar-refractivity contribution in [1.29, 1.82) is 0 Å². The highest BCUT2D eigenvalue weighted by Gasteiger charge is 2.43. The van der Waals surface area contributed by atoms with Gasteiger partial charge in [-0.3, -0.25) is 19.7 Å². The van der Waals surface area contributed by atoms with Crippen LogP contribution < -0.4 is 15.1 Å². The van der Waals surface area contributed by atoms with Gasteiger partial charge in [0.1, 0.15) is 0 Å². The van der Waals surface area contributed by atoms with Crippen LogP contribution in [-0.4, -0.2) is 67.1 Å². The third kappa shape index (κ3) is 5.48. The molecule has 2 aliphatic rings. The van der Waals surface area contributed by atoms with E-state index in [1.165, 1.54) is 18.2 Å². The largest absolute Gasteiger partial charge is 0.471 e. The summed E-state index contributed by atoms with van der Waals surface area (Å²) in [5.74, 6) is -2.38. The van der Waals surface area contributed by atoms with Crippen molar-refractivity contribution in [1.82, 2.24) is 4.90 Å². The van der Waals surface area contributed by atoms with Crippen molar-refractivity contribution < 1.29 is 27.7 Å². The number of piperazine rings is 1. The highest BCUT2D eigenvalue weighted by Crippen LogP contribution is 2.32. The minimum atomic E-state index is -4.91. The minimum Gasteiger partial charge on any atom is -0.371 e. The van der Waals surface area contributed by atoms with E-state index in [2.05, 4.69) is 5.32 Å². The Bertz CT molecular complexity index is 1180. The average Bonchev–Trinajstić information content (AvgIpc) is 3.38. The second kappa shape index (κ2) is 10.2. The molecule has 0 bridgehead atoms. The highest BCUT2D eigenvalue weighted by molar-refractivity contribution is 6.33. The van der Waals surface area contributed by atoms with Gasteiger partial charge in [0.15, 0.2) is 0 Å². The molecule has 2 amide bonds. The summed E-state index contributed by atoms with van der Waals surface area (Å²) in [6, 6.07) is 8.94. The number of non-ortho nitro benzene ring substituents is 1. The quantitative estimate of drug-likeness (QED) is 0.461. The van der Waals surface area contributed by atoms with Crippen LogP contribution in [0, 0.1) is 10.1 Å². The number of rotatable bonds is 5. The molecule has 0 atom stereocenters. The molecule has 13 heteroatoms. The molecular weight excluding hydrogens is 503 g/mol. The van der Waals surface area contributed by atoms with E-state index >= 15 is 0 Å². The number of hydrogen-bond acceptors (Lipinski definition) is 6. The zero-order valence-electron chi connectivity index (χ0n) is 19.1. The highest BCUT2D eigenvalue weighted by atomic mass is 35.5. The third-order valence-electron chi connectivity index (χ3n) is 6.24. The van der Waals surface area contributed by atoms with E-state index < -0.39 is 22.9 Å². The number of nitro groups is 1. The van der Waals surface area contributed by atoms with Crippen LogP contribution in [0.3, 0.4) is 0 Å². The van der Waals surface area contributed by atoms with Crippen LogP contribution in [0.2, 0.25) is 5.02 Å². The van der Waals surface area contributed by atoms with Gasteiger partial charge in [0, 0.05) is 57.1 Å². The van der Waals surface area contributed by atoms with Crippen molar-refractivity contribution in [3.05, 3.63) is 57.1 Å². The molecule has 0 aromatic heterocycles. The van der Waals surface area contributed by atoms with Gasteiger partial charge in [-0.15, -0.1) is 0 Å². The van der Waals surface area contributed by atoms with Crippen LogP contribution in [0.1, 0.15) is 23.2 Å². The molecule has 0 unspecified atom stereocenters. The summed E-state index contributed by atoms with van der Waals surface area (Å²) in [5.41, 5.74) is 1.52. The van der Waals surface area contributed by atoms with Gasteiger partial charge in [0.25, 0.3) is 11.6 Å². The molecule has 4 rings (SSSR count). The molecule has 36 heavy (non-hydrogen) atoms. The fourth-order valence-electron chi connectivity index (χ4n) is 4.42. The number of alkyl halides is 3. The first-order valence-electron chi connectivity index (χ1n) is 11.3. The molecule has 2 aromatic rings. The minimum absolute atomic E-state index is 0.0980. The van der Waals surface area contributed by atoms with E-state index in [4.69, 9.17) is 11.6 Å². The van der Waals surface area contributed by atoms with Crippen LogP contribution >= 0.6 is 11.6 Å². The molecule has 0 spiro atoms. The molecule has 2 fully saturated rings. The van der Waals surface area contributed by atoms with E-state index in [1.807, 2.05) is 4.90 Å². The summed E-state index contributed by atoms with van der Waals surface area (Å²) in [4.78, 5) is 39.8. The molecule has 2 saturated heterocycles. The number of benzene rings is 2. The lowest BCUT2D eigenvalue weighted by Crippen LogP contribution is -2.52. The molecule has 0 saturated carbocycles. The Kier molecular flexibility index (Phi) is 7.25. The molecule has 2 aromatic carbocycles. The van der Waals surface area contributed by atoms with Crippen molar-refractivity contribution >= 4 is 46.2 Å². The second-order valence-corrected chi connectivity index (χ2v) is 8.96. The van der Waals surface area contributed by atoms with E-state index in [0.29, 0.717) is 17.1 Å². The second-order valence-electron chi connectivity index (χ2n) is 8.55. The van der Waals surface area contributed by atoms with E-state index in [9.17, 15) is 32.9 Å². The average molecular weight is 526 g/mol. The van der Waals surface area contributed by atoms with Crippen LogP contribution in [0.25, 0.3) is 0 Å². The van der Waals surface area contributed by atoms with Crippen molar-refractivity contribution in [2.75, 3.05) is 54.4 Å². The van der Waals surface area contributed by atoms with Gasteiger partial charge in [-0.1, -0.05) is 11.6 Å². The lowest BCUT2D eigenvalue weighted by atomic mass is 10.1. The summed E-state index contributed by atoms with van der Waals surface area (Å²) in [6.45, 7) is 1.64. The Labute approximate surface area is 209 Å². The molecule has 2 heterocycles. The van der Waals surface area contributed by atoms with E-state index in [-0.39, 0.29) is 42.5 Å². The van der Waals surface area contributed by atoms with Gasteiger partial charge >= 0.3 is 12.1 Å². The Morgan fingerprint density at radius 1 is 0.917 bits per heavy atom. The molecule has 0 aliphatic carbocycles. The van der Waals surface area contributed by atoms with Gasteiger partial charge < -0.3 is 20.0 Å². The van der Waals surface area contributed by atoms with E-state index in [1.54, 1.807) is 23.1 Å². The fourth-order valence-corrected chi connectivity index (χ4v) is 4.72. The monoisotopic (exact) mass is 525 g/mol. The maximum Gasteiger partial charge on any atom is 0.471 e. The first-order valence-corrected chi connectivity index (χ1v) is 11.7. The smallest absolute Gasteiger partial charge is 0.371 e. The predicted molar refractivity (Wildman–Crippen MR) is 129 cm³/mol. The predicted octanol–water partition coefficient (Wildman–Crippen LogP) is 4.31. The topological polar surface area (TPSA) is 99.0 Å². The number of nitrogens with one attached hydrogen (secondary N) is 1. The Hall–Kier alpha value is -3.54. The Morgan fingerprint density at radius 3 is 2.11 bits per heavy atom. The van der Waals surface area contributed by atoms with Crippen molar-refractivity contribution in [3.63, 3.8) is 0 Å². The zero-order chi connectivity index (χ0) is 26.0. The van der Waals surface area contributed by atoms with Crippen LogP contribution in [-0.2, 0) is 4.79 Å². The van der Waals surface area contributed by atoms with Crippen LogP contribution in [0.5, 0.6) is 0 Å². The summed E-state index contributed by atoms with van der Waals surface area (Å²) in [6.07, 6.45) is -2.98. The van der Waals surface area contributed by atoms with Gasteiger partial charge in [0.05, 0.1) is 26.9 Å². The number of nitrogens with zero attached hydrogens (tertiary/aromatic N) is 4. The fraction of sp³-hybridized carbons (Fsp3) is 0.391. The molecular formula is C23H23ClF3N5O4. The molecule has 1 N–H and O–H groups in total.